The SMILES string of the molecule is CCN1CCCC1CN(C)C(=O)[C@@H]1CCCC[C@@H]1C(=O)O. The summed E-state index contributed by atoms with van der Waals surface area (Å²) in [5.41, 5.74) is 0. The van der Waals surface area contributed by atoms with Gasteiger partial charge in [-0.15, -0.1) is 0 Å². The molecule has 0 radical (unpaired) electrons. The van der Waals surface area contributed by atoms with Crippen molar-refractivity contribution in [1.82, 2.24) is 9.80 Å². The fourth-order valence-electron chi connectivity index (χ4n) is 3.93. The van der Waals surface area contributed by atoms with Gasteiger partial charge in [0.05, 0.1) is 11.8 Å². The van der Waals surface area contributed by atoms with Crippen molar-refractivity contribution in [3.8, 4) is 0 Å². The number of aliphatic carboxylic acids is 1. The molecular formula is C16H28N2O3. The Bertz CT molecular complexity index is 386. The van der Waals surface area contributed by atoms with E-state index in [4.69, 9.17) is 0 Å². The molecule has 120 valence electrons. The Hall–Kier alpha value is -1.10. The zero-order chi connectivity index (χ0) is 15.4. The van der Waals surface area contributed by atoms with E-state index in [1.807, 2.05) is 7.05 Å². The van der Waals surface area contributed by atoms with Crippen LogP contribution < -0.4 is 0 Å². The summed E-state index contributed by atoms with van der Waals surface area (Å²) in [6.07, 6.45) is 5.60. The summed E-state index contributed by atoms with van der Waals surface area (Å²) >= 11 is 0. The monoisotopic (exact) mass is 296 g/mol. The van der Waals surface area contributed by atoms with Gasteiger partial charge in [0, 0.05) is 19.6 Å². The standard InChI is InChI=1S/C16H28N2O3/c1-3-18-10-6-7-12(18)11-17(2)15(19)13-8-4-5-9-14(13)16(20)21/h12-14H,3-11H2,1-2H3,(H,20,21)/t12?,13-,14+/m1/s1. The lowest BCUT2D eigenvalue weighted by Gasteiger charge is -2.33. The van der Waals surface area contributed by atoms with Crippen LogP contribution >= 0.6 is 0 Å². The maximum Gasteiger partial charge on any atom is 0.307 e. The lowest BCUT2D eigenvalue weighted by atomic mass is 9.78. The summed E-state index contributed by atoms with van der Waals surface area (Å²) in [6, 6.07) is 0.441. The molecule has 2 fully saturated rings. The van der Waals surface area contributed by atoms with Crippen molar-refractivity contribution >= 4 is 11.9 Å². The number of hydrogen-bond donors (Lipinski definition) is 1. The molecule has 2 aliphatic rings. The van der Waals surface area contributed by atoms with E-state index in [9.17, 15) is 14.7 Å². The Labute approximate surface area is 127 Å². The zero-order valence-electron chi connectivity index (χ0n) is 13.3. The van der Waals surface area contributed by atoms with Gasteiger partial charge < -0.3 is 10.0 Å². The molecule has 1 unspecified atom stereocenters. The van der Waals surface area contributed by atoms with Crippen LogP contribution in [-0.2, 0) is 9.59 Å². The van der Waals surface area contributed by atoms with Crippen molar-refractivity contribution in [1.29, 1.82) is 0 Å². The molecule has 1 saturated heterocycles. The lowest BCUT2D eigenvalue weighted by Crippen LogP contribution is -2.46. The lowest BCUT2D eigenvalue weighted by molar-refractivity contribution is -0.152. The van der Waals surface area contributed by atoms with Crippen LogP contribution in [0, 0.1) is 11.8 Å². The maximum absolute atomic E-state index is 12.6. The number of likely N-dealkylation sites (N-methyl/N-ethyl adjacent to an activating group) is 2. The van der Waals surface area contributed by atoms with E-state index in [-0.39, 0.29) is 11.8 Å². The van der Waals surface area contributed by atoms with E-state index in [1.54, 1.807) is 4.90 Å². The van der Waals surface area contributed by atoms with E-state index in [2.05, 4.69) is 11.8 Å². The number of carboxylic acid groups (broad SMARTS) is 1. The van der Waals surface area contributed by atoms with Crippen LogP contribution in [0.5, 0.6) is 0 Å². The molecule has 1 aliphatic heterocycles. The Morgan fingerprint density at radius 3 is 2.43 bits per heavy atom. The molecule has 21 heavy (non-hydrogen) atoms. The summed E-state index contributed by atoms with van der Waals surface area (Å²) in [4.78, 5) is 28.2. The highest BCUT2D eigenvalue weighted by atomic mass is 16.4. The summed E-state index contributed by atoms with van der Waals surface area (Å²) in [7, 11) is 1.84. The van der Waals surface area contributed by atoms with Gasteiger partial charge in [0.1, 0.15) is 0 Å². The summed E-state index contributed by atoms with van der Waals surface area (Å²) in [5.74, 6) is -1.58. The number of nitrogens with zero attached hydrogens (tertiary/aromatic N) is 2. The molecule has 5 nitrogen and oxygen atoms in total. The molecule has 0 aromatic heterocycles. The predicted octanol–water partition coefficient (Wildman–Crippen LogP) is 1.82. The number of carbonyl (C=O) groups excluding carboxylic acids is 1. The molecule has 0 bridgehead atoms. The highest BCUT2D eigenvalue weighted by Crippen LogP contribution is 2.32. The summed E-state index contributed by atoms with van der Waals surface area (Å²) < 4.78 is 0. The average molecular weight is 296 g/mol. The number of amides is 1. The normalized spacial score (nSPS) is 30.3. The quantitative estimate of drug-likeness (QED) is 0.840. The molecule has 1 heterocycles. The second kappa shape index (κ2) is 7.25. The van der Waals surface area contributed by atoms with Crippen molar-refractivity contribution in [2.75, 3.05) is 26.7 Å². The molecule has 0 spiro atoms. The number of carboxylic acids is 1. The smallest absolute Gasteiger partial charge is 0.307 e. The van der Waals surface area contributed by atoms with E-state index < -0.39 is 11.9 Å². The minimum atomic E-state index is -0.808. The first-order valence-electron chi connectivity index (χ1n) is 8.26. The van der Waals surface area contributed by atoms with Crippen LogP contribution in [0.25, 0.3) is 0 Å². The summed E-state index contributed by atoms with van der Waals surface area (Å²) in [5, 5.41) is 9.32. The largest absolute Gasteiger partial charge is 0.481 e. The molecule has 1 amide bonds. The zero-order valence-corrected chi connectivity index (χ0v) is 13.3. The van der Waals surface area contributed by atoms with Crippen LogP contribution in [-0.4, -0.2) is 59.5 Å². The number of likely N-dealkylation sites (tertiary alicyclic amines) is 1. The van der Waals surface area contributed by atoms with Crippen molar-refractivity contribution in [3.05, 3.63) is 0 Å². The number of rotatable bonds is 5. The van der Waals surface area contributed by atoms with E-state index >= 15 is 0 Å². The van der Waals surface area contributed by atoms with Crippen molar-refractivity contribution in [2.24, 2.45) is 11.8 Å². The fraction of sp³-hybridized carbons (Fsp3) is 0.875. The van der Waals surface area contributed by atoms with Gasteiger partial charge in [-0.05, 0) is 38.8 Å². The minimum Gasteiger partial charge on any atom is -0.481 e. The molecule has 2 rings (SSSR count). The maximum atomic E-state index is 12.6. The molecule has 5 heteroatoms. The number of hydrogen-bond acceptors (Lipinski definition) is 3. The topological polar surface area (TPSA) is 60.9 Å². The minimum absolute atomic E-state index is 0.0325. The Morgan fingerprint density at radius 2 is 1.81 bits per heavy atom. The van der Waals surface area contributed by atoms with Gasteiger partial charge in [0.25, 0.3) is 0 Å². The second-order valence-corrected chi connectivity index (χ2v) is 6.48. The average Bonchev–Trinajstić information content (AvgIpc) is 2.93. The van der Waals surface area contributed by atoms with Crippen LogP contribution in [0.15, 0.2) is 0 Å². The van der Waals surface area contributed by atoms with Crippen molar-refractivity contribution in [2.45, 2.75) is 51.5 Å². The van der Waals surface area contributed by atoms with Crippen molar-refractivity contribution in [3.63, 3.8) is 0 Å². The van der Waals surface area contributed by atoms with Gasteiger partial charge in [-0.25, -0.2) is 0 Å². The third-order valence-corrected chi connectivity index (χ3v) is 5.17. The number of carbonyl (C=O) groups is 2. The molecule has 1 saturated carbocycles. The molecule has 1 aliphatic carbocycles. The Kier molecular flexibility index (Phi) is 5.62. The van der Waals surface area contributed by atoms with Crippen LogP contribution in [0.4, 0.5) is 0 Å². The highest BCUT2D eigenvalue weighted by Gasteiger charge is 2.38. The molecule has 0 aromatic carbocycles. The van der Waals surface area contributed by atoms with Gasteiger partial charge >= 0.3 is 5.97 Å². The summed E-state index contributed by atoms with van der Waals surface area (Å²) in [6.45, 7) is 5.02. The molecule has 1 N–H and O–H groups in total. The first-order valence-corrected chi connectivity index (χ1v) is 8.26. The third-order valence-electron chi connectivity index (χ3n) is 5.17. The van der Waals surface area contributed by atoms with Gasteiger partial charge in [-0.1, -0.05) is 19.8 Å². The first kappa shape index (κ1) is 16.3. The van der Waals surface area contributed by atoms with Gasteiger partial charge in [-0.3, -0.25) is 14.5 Å². The van der Waals surface area contributed by atoms with Gasteiger partial charge in [0.2, 0.25) is 5.91 Å². The molecule has 0 aromatic rings. The van der Waals surface area contributed by atoms with Gasteiger partial charge in [0.15, 0.2) is 0 Å². The van der Waals surface area contributed by atoms with Crippen LogP contribution in [0.3, 0.4) is 0 Å². The van der Waals surface area contributed by atoms with Gasteiger partial charge in [-0.2, -0.15) is 0 Å². The van der Waals surface area contributed by atoms with Crippen molar-refractivity contribution < 1.29 is 14.7 Å². The van der Waals surface area contributed by atoms with Crippen LogP contribution in [0.2, 0.25) is 0 Å². The van der Waals surface area contributed by atoms with E-state index in [0.29, 0.717) is 12.5 Å². The fourth-order valence-corrected chi connectivity index (χ4v) is 3.93. The Morgan fingerprint density at radius 1 is 1.14 bits per heavy atom. The second-order valence-electron chi connectivity index (χ2n) is 6.48. The van der Waals surface area contributed by atoms with E-state index in [1.165, 1.54) is 6.42 Å². The first-order chi connectivity index (χ1) is 10.0. The third kappa shape index (κ3) is 3.76. The van der Waals surface area contributed by atoms with E-state index in [0.717, 1.165) is 45.3 Å². The predicted molar refractivity (Wildman–Crippen MR) is 81.0 cm³/mol. The molecule has 3 atom stereocenters. The van der Waals surface area contributed by atoms with Crippen LogP contribution in [0.1, 0.15) is 45.4 Å². The molecular weight excluding hydrogens is 268 g/mol. The Balaban J connectivity index is 1.95. The highest BCUT2D eigenvalue weighted by molar-refractivity contribution is 5.84.